The van der Waals surface area contributed by atoms with Crippen molar-refractivity contribution in [1.82, 2.24) is 20.0 Å². The predicted octanol–water partition coefficient (Wildman–Crippen LogP) is 2.98. The first-order chi connectivity index (χ1) is 10.1. The number of aromatic nitrogens is 2. The van der Waals surface area contributed by atoms with Crippen molar-refractivity contribution in [2.75, 3.05) is 33.7 Å². The van der Waals surface area contributed by atoms with E-state index >= 15 is 0 Å². The van der Waals surface area contributed by atoms with Crippen LogP contribution in [-0.2, 0) is 6.54 Å². The van der Waals surface area contributed by atoms with Gasteiger partial charge < -0.3 is 10.2 Å². The molecular weight excluding hydrogens is 284 g/mol. The summed E-state index contributed by atoms with van der Waals surface area (Å²) in [5.41, 5.74) is 1.26. The molecule has 1 saturated carbocycles. The summed E-state index contributed by atoms with van der Waals surface area (Å²) in [6, 6.07) is 0. The van der Waals surface area contributed by atoms with Gasteiger partial charge in [0.25, 0.3) is 0 Å². The second kappa shape index (κ2) is 8.16. The van der Waals surface area contributed by atoms with E-state index in [1.54, 1.807) is 0 Å². The monoisotopic (exact) mass is 312 g/mol. The first-order valence-electron chi connectivity index (χ1n) is 8.20. The first-order valence-corrected chi connectivity index (χ1v) is 8.58. The van der Waals surface area contributed by atoms with Gasteiger partial charge in [0.2, 0.25) is 0 Å². The van der Waals surface area contributed by atoms with E-state index in [9.17, 15) is 0 Å². The van der Waals surface area contributed by atoms with E-state index in [1.165, 1.54) is 31.4 Å². The number of rotatable bonds is 8. The average Bonchev–Trinajstić information content (AvgIpc) is 3.03. The normalized spacial score (nSPS) is 22.3. The average molecular weight is 313 g/mol. The minimum Gasteiger partial charge on any atom is -0.316 e. The quantitative estimate of drug-likeness (QED) is 0.749. The Bertz CT molecular complexity index is 430. The van der Waals surface area contributed by atoms with E-state index in [2.05, 4.69) is 41.0 Å². The second-order valence-corrected chi connectivity index (χ2v) is 6.81. The topological polar surface area (TPSA) is 33.1 Å². The summed E-state index contributed by atoms with van der Waals surface area (Å²) in [7, 11) is 4.19. The van der Waals surface area contributed by atoms with Gasteiger partial charge >= 0.3 is 0 Å². The summed E-state index contributed by atoms with van der Waals surface area (Å²) in [4.78, 5) is 2.19. The van der Waals surface area contributed by atoms with Crippen LogP contribution in [-0.4, -0.2) is 48.4 Å². The zero-order chi connectivity index (χ0) is 15.2. The van der Waals surface area contributed by atoms with Crippen LogP contribution in [0.2, 0.25) is 5.02 Å². The smallest absolute Gasteiger partial charge is 0.0820 e. The van der Waals surface area contributed by atoms with Crippen molar-refractivity contribution in [1.29, 1.82) is 0 Å². The van der Waals surface area contributed by atoms with Crippen LogP contribution in [0.1, 0.15) is 44.2 Å². The Hall–Kier alpha value is -0.580. The highest BCUT2D eigenvalue weighted by Crippen LogP contribution is 2.41. The lowest BCUT2D eigenvalue weighted by molar-refractivity contribution is 0.357. The van der Waals surface area contributed by atoms with Crippen LogP contribution in [0.5, 0.6) is 0 Å². The lowest BCUT2D eigenvalue weighted by atomic mass is 9.92. The largest absolute Gasteiger partial charge is 0.316 e. The standard InChI is InChI=1S/C16H29ClN4/c1-4-8-18-11-13-6-5-7-14(13)16-15(17)12-19-21(16)10-9-20(2)3/h12-14,18H,4-11H2,1-3H3. The van der Waals surface area contributed by atoms with Gasteiger partial charge in [-0.2, -0.15) is 5.10 Å². The van der Waals surface area contributed by atoms with E-state index in [4.69, 9.17) is 11.6 Å². The molecule has 1 heterocycles. The Morgan fingerprint density at radius 1 is 1.43 bits per heavy atom. The third kappa shape index (κ3) is 4.44. The summed E-state index contributed by atoms with van der Waals surface area (Å²) >= 11 is 6.45. The van der Waals surface area contributed by atoms with Crippen LogP contribution in [0, 0.1) is 5.92 Å². The van der Waals surface area contributed by atoms with Crippen LogP contribution >= 0.6 is 11.6 Å². The molecule has 1 aromatic heterocycles. The van der Waals surface area contributed by atoms with E-state index in [0.717, 1.165) is 31.2 Å². The molecule has 5 heteroatoms. The molecule has 1 N–H and O–H groups in total. The Balaban J connectivity index is 2.06. The minimum atomic E-state index is 0.562. The van der Waals surface area contributed by atoms with Crippen molar-refractivity contribution in [3.8, 4) is 0 Å². The van der Waals surface area contributed by atoms with Gasteiger partial charge in [0.1, 0.15) is 0 Å². The molecule has 0 aromatic carbocycles. The summed E-state index contributed by atoms with van der Waals surface area (Å²) in [5, 5.41) is 8.93. The molecule has 1 aliphatic rings. The minimum absolute atomic E-state index is 0.562. The number of hydrogen-bond donors (Lipinski definition) is 1. The summed E-state index contributed by atoms with van der Waals surface area (Å²) in [6.45, 7) is 6.34. The van der Waals surface area contributed by atoms with Gasteiger partial charge in [-0.15, -0.1) is 0 Å². The van der Waals surface area contributed by atoms with E-state index < -0.39 is 0 Å². The SMILES string of the molecule is CCCNCC1CCCC1c1c(Cl)cnn1CCN(C)C. The van der Waals surface area contributed by atoms with Crippen molar-refractivity contribution >= 4 is 11.6 Å². The van der Waals surface area contributed by atoms with Gasteiger partial charge in [-0.05, 0) is 52.4 Å². The lowest BCUT2D eigenvalue weighted by Gasteiger charge is -2.22. The molecule has 0 bridgehead atoms. The van der Waals surface area contributed by atoms with Gasteiger partial charge in [-0.1, -0.05) is 24.9 Å². The van der Waals surface area contributed by atoms with Crippen LogP contribution in [0.4, 0.5) is 0 Å². The van der Waals surface area contributed by atoms with Crippen LogP contribution < -0.4 is 5.32 Å². The molecule has 1 fully saturated rings. The van der Waals surface area contributed by atoms with E-state index in [-0.39, 0.29) is 0 Å². The Kier molecular flexibility index (Phi) is 6.52. The van der Waals surface area contributed by atoms with Gasteiger partial charge in [-0.25, -0.2) is 0 Å². The highest BCUT2D eigenvalue weighted by Gasteiger charge is 2.32. The van der Waals surface area contributed by atoms with Gasteiger partial charge in [0, 0.05) is 12.5 Å². The molecular formula is C16H29ClN4. The van der Waals surface area contributed by atoms with Crippen molar-refractivity contribution in [3.05, 3.63) is 16.9 Å². The highest BCUT2D eigenvalue weighted by molar-refractivity contribution is 6.31. The van der Waals surface area contributed by atoms with Gasteiger partial charge in [0.05, 0.1) is 23.5 Å². The maximum Gasteiger partial charge on any atom is 0.0820 e. The molecule has 120 valence electrons. The molecule has 0 spiro atoms. The molecule has 0 aliphatic heterocycles. The zero-order valence-corrected chi connectivity index (χ0v) is 14.4. The number of nitrogens with one attached hydrogen (secondary N) is 1. The molecule has 0 radical (unpaired) electrons. The number of likely N-dealkylation sites (N-methyl/N-ethyl adjacent to an activating group) is 1. The first kappa shape index (κ1) is 16.8. The maximum atomic E-state index is 6.45. The fraction of sp³-hybridized carbons (Fsp3) is 0.812. The number of nitrogens with zero attached hydrogens (tertiary/aromatic N) is 3. The van der Waals surface area contributed by atoms with Crippen molar-refractivity contribution in [3.63, 3.8) is 0 Å². The summed E-state index contributed by atoms with van der Waals surface area (Å²) in [5.74, 6) is 1.26. The molecule has 2 atom stereocenters. The van der Waals surface area contributed by atoms with E-state index in [0.29, 0.717) is 11.8 Å². The molecule has 21 heavy (non-hydrogen) atoms. The molecule has 2 unspecified atom stereocenters. The lowest BCUT2D eigenvalue weighted by Crippen LogP contribution is -2.27. The number of halogens is 1. The third-order valence-corrected chi connectivity index (χ3v) is 4.73. The molecule has 0 saturated heterocycles. The summed E-state index contributed by atoms with van der Waals surface area (Å²) < 4.78 is 2.13. The predicted molar refractivity (Wildman–Crippen MR) is 89.0 cm³/mol. The fourth-order valence-electron chi connectivity index (χ4n) is 3.32. The summed E-state index contributed by atoms with van der Waals surface area (Å²) in [6.07, 6.45) is 6.86. The van der Waals surface area contributed by atoms with Crippen LogP contribution in [0.3, 0.4) is 0 Å². The van der Waals surface area contributed by atoms with E-state index in [1.807, 2.05) is 6.20 Å². The Morgan fingerprint density at radius 2 is 2.24 bits per heavy atom. The molecule has 0 amide bonds. The Labute approximate surface area is 133 Å². The van der Waals surface area contributed by atoms with Crippen molar-refractivity contribution in [2.45, 2.75) is 45.1 Å². The molecule has 2 rings (SSSR count). The second-order valence-electron chi connectivity index (χ2n) is 6.41. The van der Waals surface area contributed by atoms with Crippen LogP contribution in [0.15, 0.2) is 6.20 Å². The third-order valence-electron chi connectivity index (χ3n) is 4.44. The molecule has 1 aliphatic carbocycles. The maximum absolute atomic E-state index is 6.45. The highest BCUT2D eigenvalue weighted by atomic mass is 35.5. The van der Waals surface area contributed by atoms with Crippen LogP contribution in [0.25, 0.3) is 0 Å². The van der Waals surface area contributed by atoms with Crippen molar-refractivity contribution < 1.29 is 0 Å². The fourth-order valence-corrected chi connectivity index (χ4v) is 3.60. The molecule has 1 aromatic rings. The van der Waals surface area contributed by atoms with Gasteiger partial charge in [-0.3, -0.25) is 4.68 Å². The number of hydrogen-bond acceptors (Lipinski definition) is 3. The van der Waals surface area contributed by atoms with Gasteiger partial charge in [0.15, 0.2) is 0 Å². The zero-order valence-electron chi connectivity index (χ0n) is 13.6. The van der Waals surface area contributed by atoms with Crippen molar-refractivity contribution in [2.24, 2.45) is 5.92 Å². The Morgan fingerprint density at radius 3 is 2.95 bits per heavy atom. The molecule has 4 nitrogen and oxygen atoms in total.